The van der Waals surface area contributed by atoms with Crippen molar-refractivity contribution >= 4 is 106 Å². The van der Waals surface area contributed by atoms with E-state index in [0.717, 1.165) is 104 Å². The molecule has 29 heteroatoms. The molecule has 6 heterocycles. The van der Waals surface area contributed by atoms with Crippen molar-refractivity contribution in [2.24, 2.45) is 58.4 Å². The molecule has 8 unspecified atom stereocenters. The number of carbonyl (C=O) groups is 12. The van der Waals surface area contributed by atoms with Crippen LogP contribution in [0.25, 0.3) is 0 Å². The van der Waals surface area contributed by atoms with Gasteiger partial charge in [0.15, 0.2) is 0 Å². The Balaban J connectivity index is 0.000000145. The van der Waals surface area contributed by atoms with Crippen molar-refractivity contribution < 1.29 is 90.7 Å². The second-order valence-corrected chi connectivity index (χ2v) is 29.7. The number of nitrogen functional groups attached to an aromatic ring is 6. The zero-order valence-corrected chi connectivity index (χ0v) is 64.8. The van der Waals surface area contributed by atoms with Gasteiger partial charge in [0.1, 0.15) is 11.5 Å². The summed E-state index contributed by atoms with van der Waals surface area (Å²) in [5.74, 6) is -11.4. The van der Waals surface area contributed by atoms with Crippen LogP contribution in [-0.4, -0.2) is 96.8 Å². The van der Waals surface area contributed by atoms with Gasteiger partial charge in [0.25, 0.3) is 0 Å². The molecule has 3 aliphatic carbocycles. The molecule has 2 saturated carbocycles. The van der Waals surface area contributed by atoms with Crippen molar-refractivity contribution in [2.45, 2.75) is 128 Å². The number of carbonyl (C=O) groups excluding carboxylic acids is 12. The fraction of sp³-hybridized carbons (Fsp3) is 0.318. The molecule has 0 spiro atoms. The number of hydrogen-bond acceptors (Lipinski definition) is 29. The van der Waals surface area contributed by atoms with Crippen molar-refractivity contribution in [1.82, 2.24) is 0 Å². The molecular weight excluding hydrogens is 1500 g/mol. The highest BCUT2D eigenvalue weighted by Gasteiger charge is 2.61. The molecule has 4 saturated heterocycles. The van der Waals surface area contributed by atoms with E-state index in [1.54, 1.807) is 36.4 Å². The Morgan fingerprint density at radius 1 is 0.350 bits per heavy atom. The van der Waals surface area contributed by atoms with Crippen LogP contribution < -0.4 is 62.1 Å². The summed E-state index contributed by atoms with van der Waals surface area (Å²) in [5.41, 5.74) is 69.8. The molecule has 8 aromatic carbocycles. The first-order valence-corrected chi connectivity index (χ1v) is 38.4. The lowest BCUT2D eigenvalue weighted by Crippen LogP contribution is -2.37. The summed E-state index contributed by atoms with van der Waals surface area (Å²) in [6.45, 7) is 5.84. The molecule has 6 fully saturated rings. The van der Waals surface area contributed by atoms with Gasteiger partial charge in [0, 0.05) is 46.2 Å². The average molecular weight is 1600 g/mol. The van der Waals surface area contributed by atoms with Gasteiger partial charge in [-0.3, -0.25) is 38.4 Å². The smallest absolute Gasteiger partial charge is 0.347 e. The fourth-order valence-electron chi connectivity index (χ4n) is 15.0. The van der Waals surface area contributed by atoms with Crippen molar-refractivity contribution in [3.05, 3.63) is 237 Å². The Kier molecular flexibility index (Phi) is 29.5. The summed E-state index contributed by atoms with van der Waals surface area (Å²) in [5, 5.41) is 0. The molecule has 0 radical (unpaired) electrons. The molecule has 0 aromatic heterocycles. The van der Waals surface area contributed by atoms with Crippen LogP contribution in [0.3, 0.4) is 0 Å². The van der Waals surface area contributed by atoms with Crippen LogP contribution in [-0.2, 0) is 79.6 Å². The highest BCUT2D eigenvalue weighted by Crippen LogP contribution is 2.52. The zero-order valence-electron chi connectivity index (χ0n) is 64.8. The van der Waals surface area contributed by atoms with Crippen molar-refractivity contribution in [3.8, 4) is 11.5 Å². The predicted molar refractivity (Wildman–Crippen MR) is 433 cm³/mol. The largest absolute Gasteiger partial charge is 0.457 e. The molecule has 8 aromatic rings. The number of nitrogens with two attached hydrogens (primary N) is 10. The van der Waals surface area contributed by atoms with Crippen LogP contribution in [0.4, 0.5) is 34.1 Å². The van der Waals surface area contributed by atoms with E-state index >= 15 is 0 Å². The molecule has 6 aliphatic heterocycles. The number of rotatable bonds is 12. The second kappa shape index (κ2) is 39.9. The standard InChI is InChI=1S/C16H6O7.C16H12O6.C15H18N2.C13H14N2.C10H8O6.C6H14N2.C6H8N2.C6H16N2/c17-13-9-3-1-7(5-11(9)15(19)22-13)21-8-2-4-10-12(6-8)16(20)23-14(10)18;17-12-6-10(14(18)21-12)9-5-11-13(16(20)22-15(11)19)8-4-2-1-3-7(8)9;1-10-7-14(16)5-3-12(10)9-13-4-6-15(17)8-11(13)2;14-12-5-1-10(2-6-12)9-11-3-7-13(15)8-4-11;11-6-2-3-4-1-5(7(3)10(14)15-6)9(13)16-8(4)12;2*7-5-1-2-6(8)4-3-5;7-5-3-1-2-4-6-8/h1-6H;1-4,9-11,13H,5-6H2;3-8H,9,16-17H2,1-2H3;1-8H,9,14-15H2;3-5,7H,1-2H2;5-6H,1-4,7-8H2;1-4H,7-8H2;1-8H2. The van der Waals surface area contributed by atoms with Crippen LogP contribution in [0.2, 0.25) is 0 Å². The third kappa shape index (κ3) is 22.7. The first kappa shape index (κ1) is 86.4. The molecule has 2 bridgehead atoms. The normalized spacial score (nSPS) is 21.7. The highest BCUT2D eigenvalue weighted by atomic mass is 16.6. The number of esters is 12. The Morgan fingerprint density at radius 3 is 1.20 bits per heavy atom. The first-order valence-electron chi connectivity index (χ1n) is 38.4. The lowest BCUT2D eigenvalue weighted by atomic mass is 9.67. The fourth-order valence-corrected chi connectivity index (χ4v) is 15.0. The molecule has 20 N–H and O–H groups in total. The van der Waals surface area contributed by atoms with Crippen LogP contribution in [0, 0.1) is 49.4 Å². The van der Waals surface area contributed by atoms with E-state index in [9.17, 15) is 57.5 Å². The maximum absolute atomic E-state index is 11.9. The quantitative estimate of drug-likeness (QED) is 0.0179. The lowest BCUT2D eigenvalue weighted by Gasteiger charge is -2.32. The van der Waals surface area contributed by atoms with Crippen LogP contribution in [0.1, 0.15) is 175 Å². The third-order valence-corrected chi connectivity index (χ3v) is 21.3. The van der Waals surface area contributed by atoms with E-state index in [0.29, 0.717) is 30.5 Å². The van der Waals surface area contributed by atoms with E-state index in [1.165, 1.54) is 82.6 Å². The second-order valence-electron chi connectivity index (χ2n) is 29.7. The van der Waals surface area contributed by atoms with Gasteiger partial charge in [-0.05, 0) is 257 Å². The molecular formula is C88H96N10O19. The van der Waals surface area contributed by atoms with E-state index in [1.807, 2.05) is 84.9 Å². The van der Waals surface area contributed by atoms with Crippen LogP contribution in [0.5, 0.6) is 11.5 Å². The number of ether oxygens (including phenoxy) is 7. The van der Waals surface area contributed by atoms with Crippen LogP contribution in [0.15, 0.2) is 170 Å². The Hall–Kier alpha value is -13.0. The van der Waals surface area contributed by atoms with Gasteiger partial charge in [-0.25, -0.2) is 19.2 Å². The van der Waals surface area contributed by atoms with Gasteiger partial charge < -0.3 is 90.5 Å². The average Bonchev–Trinajstić information content (AvgIpc) is 1.63. The van der Waals surface area contributed by atoms with Crippen molar-refractivity contribution in [1.29, 1.82) is 0 Å². The number of hydrogen-bond donors (Lipinski definition) is 10. The number of anilines is 6. The summed E-state index contributed by atoms with van der Waals surface area (Å²) in [6.07, 6.45) is 11.8. The monoisotopic (exact) mass is 1600 g/mol. The molecule has 17 rings (SSSR count). The van der Waals surface area contributed by atoms with Crippen LogP contribution >= 0.6 is 0 Å². The maximum atomic E-state index is 11.9. The number of benzene rings is 8. The minimum absolute atomic E-state index is 0.0121. The number of aryl methyl sites for hydroxylation is 2. The van der Waals surface area contributed by atoms with E-state index in [-0.39, 0.29) is 52.5 Å². The zero-order chi connectivity index (χ0) is 84.3. The lowest BCUT2D eigenvalue weighted by molar-refractivity contribution is -0.174. The molecule has 0 amide bonds. The maximum Gasteiger partial charge on any atom is 0.347 e. The van der Waals surface area contributed by atoms with Crippen molar-refractivity contribution in [2.75, 3.05) is 47.5 Å². The van der Waals surface area contributed by atoms with Gasteiger partial charge in [-0.1, -0.05) is 73.5 Å². The van der Waals surface area contributed by atoms with E-state index < -0.39 is 113 Å². The minimum Gasteiger partial charge on any atom is -0.457 e. The summed E-state index contributed by atoms with van der Waals surface area (Å²) in [6, 6.07) is 51.8. The summed E-state index contributed by atoms with van der Waals surface area (Å²) in [7, 11) is 0. The van der Waals surface area contributed by atoms with Gasteiger partial charge in [0.2, 0.25) is 0 Å². The Labute approximate surface area is 675 Å². The first-order chi connectivity index (χ1) is 55.9. The van der Waals surface area contributed by atoms with E-state index in [4.69, 9.17) is 66.8 Å². The van der Waals surface area contributed by atoms with E-state index in [2.05, 4.69) is 49.7 Å². The van der Waals surface area contributed by atoms with Crippen molar-refractivity contribution in [3.63, 3.8) is 0 Å². The topological polar surface area (TPSA) is 530 Å². The Morgan fingerprint density at radius 2 is 0.744 bits per heavy atom. The van der Waals surface area contributed by atoms with Gasteiger partial charge in [0.05, 0.1) is 70.6 Å². The third-order valence-electron chi connectivity index (χ3n) is 21.3. The molecule has 8 atom stereocenters. The highest BCUT2D eigenvalue weighted by molar-refractivity contribution is 6.16. The van der Waals surface area contributed by atoms with Gasteiger partial charge in [-0.15, -0.1) is 0 Å². The SMILES string of the molecule is Cc1cc(N)ccc1Cc1ccc(N)cc1C.NC1CCC(N)CC1.NCCCCCCN.Nc1ccc(Cc2ccc(N)cc2)cc1.Nc1ccc(N)cc1.O=C1CC(C2CC3C(=O)OC(=O)C3c3ccccc32)C(=O)O1.O=C1CC2C3CC(C(=O)OC3=O)C2C(=O)O1.O=C1OC(=O)c2cc(Oc3ccc4c(c3)C(=O)OC4=O)ccc21. The van der Waals surface area contributed by atoms with Gasteiger partial charge in [-0.2, -0.15) is 0 Å². The molecule has 117 heavy (non-hydrogen) atoms. The molecule has 9 aliphatic rings. The predicted octanol–water partition coefficient (Wildman–Crippen LogP) is 9.59. The molecule has 29 nitrogen and oxygen atoms in total. The number of cyclic esters (lactones) is 12. The van der Waals surface area contributed by atoms with Gasteiger partial charge >= 0.3 is 71.6 Å². The molecule has 612 valence electrons. The number of unbranched alkanes of at least 4 members (excludes halogenated alkanes) is 3. The number of fused-ring (bicyclic) bond motifs is 10. The summed E-state index contributed by atoms with van der Waals surface area (Å²) in [4.78, 5) is 138. The summed E-state index contributed by atoms with van der Waals surface area (Å²) < 4.78 is 33.0. The summed E-state index contributed by atoms with van der Waals surface area (Å²) >= 11 is 0. The minimum atomic E-state index is -0.737. The Bertz CT molecular complexity index is 4820.